The first-order valence-electron chi connectivity index (χ1n) is 10.4. The molecule has 0 aliphatic carbocycles. The zero-order chi connectivity index (χ0) is 21.5. The van der Waals surface area contributed by atoms with Gasteiger partial charge in [-0.3, -0.25) is 9.69 Å². The first-order valence-corrected chi connectivity index (χ1v) is 10.4. The van der Waals surface area contributed by atoms with Crippen LogP contribution in [0.3, 0.4) is 0 Å². The third-order valence-corrected chi connectivity index (χ3v) is 5.30. The molecule has 160 valence electrons. The molecule has 0 spiro atoms. The molecule has 5 nitrogen and oxygen atoms in total. The summed E-state index contributed by atoms with van der Waals surface area (Å²) >= 11 is 0. The minimum absolute atomic E-state index is 0.0735. The molecular weight excluding hydrogens is 395 g/mol. The summed E-state index contributed by atoms with van der Waals surface area (Å²) in [6.07, 6.45) is 0. The summed E-state index contributed by atoms with van der Waals surface area (Å²) in [6.45, 7) is 3.18. The Morgan fingerprint density at radius 2 is 1.65 bits per heavy atom. The van der Waals surface area contributed by atoms with E-state index in [9.17, 15) is 9.18 Å². The fourth-order valence-corrected chi connectivity index (χ4v) is 3.68. The molecule has 4 rings (SSSR count). The molecule has 1 aliphatic heterocycles. The van der Waals surface area contributed by atoms with Crippen LogP contribution in [0.5, 0.6) is 11.5 Å². The van der Waals surface area contributed by atoms with Gasteiger partial charge < -0.3 is 14.8 Å². The van der Waals surface area contributed by atoms with Crippen molar-refractivity contribution in [1.29, 1.82) is 0 Å². The number of hydrogen-bond acceptors (Lipinski definition) is 4. The number of hydrogen-bond donors (Lipinski definition) is 1. The number of para-hydroxylation sites is 2. The van der Waals surface area contributed by atoms with Gasteiger partial charge in [-0.25, -0.2) is 4.39 Å². The molecule has 1 amide bonds. The fourth-order valence-electron chi connectivity index (χ4n) is 3.68. The van der Waals surface area contributed by atoms with Gasteiger partial charge in [0.2, 0.25) is 0 Å². The third kappa shape index (κ3) is 5.48. The number of benzene rings is 3. The van der Waals surface area contributed by atoms with Crippen LogP contribution in [-0.4, -0.2) is 43.7 Å². The van der Waals surface area contributed by atoms with E-state index in [1.807, 2.05) is 42.5 Å². The van der Waals surface area contributed by atoms with E-state index >= 15 is 0 Å². The topological polar surface area (TPSA) is 50.8 Å². The first-order chi connectivity index (χ1) is 15.2. The number of morpholine rings is 1. The van der Waals surface area contributed by atoms with E-state index in [2.05, 4.69) is 10.2 Å². The molecule has 6 heteroatoms. The van der Waals surface area contributed by atoms with E-state index in [1.54, 1.807) is 24.3 Å². The van der Waals surface area contributed by atoms with Crippen molar-refractivity contribution in [2.75, 3.05) is 32.8 Å². The molecule has 0 unspecified atom stereocenters. The Morgan fingerprint density at radius 3 is 2.39 bits per heavy atom. The Kier molecular flexibility index (Phi) is 6.92. The van der Waals surface area contributed by atoms with Crippen LogP contribution in [0.1, 0.15) is 22.0 Å². The maximum atomic E-state index is 13.4. The van der Waals surface area contributed by atoms with E-state index in [1.165, 1.54) is 12.1 Å². The second-order valence-corrected chi connectivity index (χ2v) is 7.34. The lowest BCUT2D eigenvalue weighted by Crippen LogP contribution is -2.43. The van der Waals surface area contributed by atoms with Gasteiger partial charge in [0, 0.05) is 19.6 Å². The van der Waals surface area contributed by atoms with Crippen LogP contribution in [0.4, 0.5) is 4.39 Å². The summed E-state index contributed by atoms with van der Waals surface area (Å²) < 4.78 is 24.8. The lowest BCUT2D eigenvalue weighted by molar-refractivity contribution is 0.0162. The lowest BCUT2D eigenvalue weighted by Gasteiger charge is -2.35. The molecule has 1 heterocycles. The smallest absolute Gasteiger partial charge is 0.255 e. The van der Waals surface area contributed by atoms with Crippen molar-refractivity contribution in [2.45, 2.75) is 6.04 Å². The standard InChI is InChI=1S/C25H25FN2O3/c26-20-12-10-19(11-13-20)23(28-14-16-30-17-15-28)18-27-25(29)22-8-4-5-9-24(22)31-21-6-2-1-3-7-21/h1-13,23H,14-18H2,(H,27,29)/t23-/m0/s1. The quantitative estimate of drug-likeness (QED) is 0.615. The minimum atomic E-state index is -0.277. The van der Waals surface area contributed by atoms with Crippen molar-refractivity contribution in [1.82, 2.24) is 10.2 Å². The molecule has 0 radical (unpaired) electrons. The molecule has 1 atom stereocenters. The summed E-state index contributed by atoms with van der Waals surface area (Å²) in [7, 11) is 0. The Bertz CT molecular complexity index is 989. The van der Waals surface area contributed by atoms with Gasteiger partial charge in [0.1, 0.15) is 17.3 Å². The molecule has 31 heavy (non-hydrogen) atoms. The first kappa shape index (κ1) is 21.0. The number of carbonyl (C=O) groups excluding carboxylic acids is 1. The van der Waals surface area contributed by atoms with Crippen LogP contribution in [-0.2, 0) is 4.74 Å². The minimum Gasteiger partial charge on any atom is -0.457 e. The van der Waals surface area contributed by atoms with E-state index in [0.29, 0.717) is 36.8 Å². The van der Waals surface area contributed by atoms with Crippen LogP contribution < -0.4 is 10.1 Å². The average Bonchev–Trinajstić information content (AvgIpc) is 2.82. The van der Waals surface area contributed by atoms with Gasteiger partial charge >= 0.3 is 0 Å². The van der Waals surface area contributed by atoms with Gasteiger partial charge in [-0.2, -0.15) is 0 Å². The zero-order valence-electron chi connectivity index (χ0n) is 17.2. The van der Waals surface area contributed by atoms with E-state index in [4.69, 9.17) is 9.47 Å². The molecule has 3 aromatic carbocycles. The Labute approximate surface area is 181 Å². The van der Waals surface area contributed by atoms with E-state index < -0.39 is 0 Å². The second kappa shape index (κ2) is 10.2. The Balaban J connectivity index is 1.49. The Hall–Kier alpha value is -3.22. The highest BCUT2D eigenvalue weighted by Crippen LogP contribution is 2.26. The summed E-state index contributed by atoms with van der Waals surface area (Å²) in [4.78, 5) is 15.3. The van der Waals surface area contributed by atoms with Gasteiger partial charge in [-0.05, 0) is 42.0 Å². The van der Waals surface area contributed by atoms with Gasteiger partial charge in [0.15, 0.2) is 0 Å². The number of nitrogens with one attached hydrogen (secondary N) is 1. The zero-order valence-corrected chi connectivity index (χ0v) is 17.2. The number of nitrogens with zero attached hydrogens (tertiary/aromatic N) is 1. The normalized spacial score (nSPS) is 15.3. The lowest BCUT2D eigenvalue weighted by atomic mass is 10.0. The largest absolute Gasteiger partial charge is 0.457 e. The van der Waals surface area contributed by atoms with Crippen molar-refractivity contribution >= 4 is 5.91 Å². The van der Waals surface area contributed by atoms with Crippen molar-refractivity contribution < 1.29 is 18.7 Å². The number of ether oxygens (including phenoxy) is 2. The van der Waals surface area contributed by atoms with Gasteiger partial charge in [-0.1, -0.05) is 42.5 Å². The monoisotopic (exact) mass is 420 g/mol. The Morgan fingerprint density at radius 1 is 0.968 bits per heavy atom. The van der Waals surface area contributed by atoms with Crippen LogP contribution >= 0.6 is 0 Å². The SMILES string of the molecule is O=C(NC[C@@H](c1ccc(F)cc1)N1CCOCC1)c1ccccc1Oc1ccccc1. The summed E-state index contributed by atoms with van der Waals surface area (Å²) in [5.41, 5.74) is 1.42. The summed E-state index contributed by atoms with van der Waals surface area (Å²) in [6, 6.07) is 22.9. The van der Waals surface area contributed by atoms with Crippen LogP contribution in [0.2, 0.25) is 0 Å². The summed E-state index contributed by atoms with van der Waals surface area (Å²) in [5, 5.41) is 3.04. The third-order valence-electron chi connectivity index (χ3n) is 5.30. The van der Waals surface area contributed by atoms with Crippen molar-refractivity contribution in [2.24, 2.45) is 0 Å². The van der Waals surface area contributed by atoms with Crippen LogP contribution in [0.15, 0.2) is 78.9 Å². The molecular formula is C25H25FN2O3. The maximum absolute atomic E-state index is 13.4. The van der Waals surface area contributed by atoms with Crippen molar-refractivity contribution in [3.05, 3.63) is 95.8 Å². The predicted octanol–water partition coefficient (Wildman–Crippen LogP) is 4.42. The number of carbonyl (C=O) groups is 1. The molecule has 0 saturated carbocycles. The molecule has 1 saturated heterocycles. The molecule has 3 aromatic rings. The van der Waals surface area contributed by atoms with Gasteiger partial charge in [-0.15, -0.1) is 0 Å². The average molecular weight is 420 g/mol. The number of halogens is 1. The maximum Gasteiger partial charge on any atom is 0.255 e. The van der Waals surface area contributed by atoms with Crippen LogP contribution in [0, 0.1) is 5.82 Å². The second-order valence-electron chi connectivity index (χ2n) is 7.34. The predicted molar refractivity (Wildman–Crippen MR) is 117 cm³/mol. The molecule has 1 aliphatic rings. The fraction of sp³-hybridized carbons (Fsp3) is 0.240. The van der Waals surface area contributed by atoms with Crippen molar-refractivity contribution in [3.8, 4) is 11.5 Å². The molecule has 1 fully saturated rings. The number of rotatable bonds is 7. The summed E-state index contributed by atoms with van der Waals surface area (Å²) in [5.74, 6) is 0.670. The van der Waals surface area contributed by atoms with E-state index in [-0.39, 0.29) is 17.8 Å². The van der Waals surface area contributed by atoms with Gasteiger partial charge in [0.25, 0.3) is 5.91 Å². The molecule has 0 bridgehead atoms. The highest BCUT2D eigenvalue weighted by Gasteiger charge is 2.24. The molecule has 1 N–H and O–H groups in total. The van der Waals surface area contributed by atoms with Gasteiger partial charge in [0.05, 0.1) is 24.8 Å². The van der Waals surface area contributed by atoms with E-state index in [0.717, 1.165) is 18.7 Å². The molecule has 0 aromatic heterocycles. The van der Waals surface area contributed by atoms with Crippen molar-refractivity contribution in [3.63, 3.8) is 0 Å². The van der Waals surface area contributed by atoms with Crippen LogP contribution in [0.25, 0.3) is 0 Å². The highest BCUT2D eigenvalue weighted by atomic mass is 19.1. The highest BCUT2D eigenvalue weighted by molar-refractivity contribution is 5.97. The number of amides is 1.